The van der Waals surface area contributed by atoms with Crippen LogP contribution in [0.25, 0.3) is 11.1 Å². The lowest BCUT2D eigenvalue weighted by molar-refractivity contribution is -0.113. The van der Waals surface area contributed by atoms with Crippen molar-refractivity contribution >= 4 is 40.0 Å². The Labute approximate surface area is 159 Å². The van der Waals surface area contributed by atoms with Crippen LogP contribution >= 0.6 is 23.1 Å². The summed E-state index contributed by atoms with van der Waals surface area (Å²) in [5.74, 6) is -0.464. The number of rotatable bonds is 7. The molecule has 26 heavy (non-hydrogen) atoms. The van der Waals surface area contributed by atoms with Crippen LogP contribution in [0.5, 0.6) is 0 Å². The minimum absolute atomic E-state index is 0.189. The zero-order chi connectivity index (χ0) is 18.4. The van der Waals surface area contributed by atoms with Crippen LogP contribution in [-0.2, 0) is 9.53 Å². The Hall–Kier alpha value is -2.58. The van der Waals surface area contributed by atoms with Crippen molar-refractivity contribution in [3.05, 3.63) is 53.7 Å². The molecule has 0 spiro atoms. The van der Waals surface area contributed by atoms with Crippen molar-refractivity contribution in [2.75, 3.05) is 17.7 Å². The molecule has 1 amide bonds. The Morgan fingerprint density at radius 3 is 2.81 bits per heavy atom. The number of anilines is 1. The number of H-pyrrole nitrogens is 1. The van der Waals surface area contributed by atoms with Gasteiger partial charge in [-0.05, 0) is 12.5 Å². The van der Waals surface area contributed by atoms with Crippen LogP contribution in [0.2, 0.25) is 0 Å². The lowest BCUT2D eigenvalue weighted by atomic mass is 10.0. The van der Waals surface area contributed by atoms with Gasteiger partial charge in [-0.25, -0.2) is 9.78 Å². The standard InChI is InChI=1S/C18H17N3O3S2/c1-2-24-17(23)15-13(12-6-4-3-5-7-12)10-25-16(15)21-14(22)11-26-18-19-8-9-20-18/h3-10H,2,11H2,1H3,(H,19,20)(H,21,22). The summed E-state index contributed by atoms with van der Waals surface area (Å²) in [7, 11) is 0. The van der Waals surface area contributed by atoms with Gasteiger partial charge in [-0.1, -0.05) is 42.1 Å². The molecule has 2 heterocycles. The van der Waals surface area contributed by atoms with Gasteiger partial charge >= 0.3 is 5.97 Å². The van der Waals surface area contributed by atoms with E-state index in [0.717, 1.165) is 11.1 Å². The second-order valence-corrected chi connectivity index (χ2v) is 7.01. The lowest BCUT2D eigenvalue weighted by Gasteiger charge is -2.08. The topological polar surface area (TPSA) is 84.1 Å². The highest BCUT2D eigenvalue weighted by atomic mass is 32.2. The van der Waals surface area contributed by atoms with Gasteiger partial charge in [-0.15, -0.1) is 11.3 Å². The van der Waals surface area contributed by atoms with Crippen LogP contribution in [0.3, 0.4) is 0 Å². The van der Waals surface area contributed by atoms with E-state index in [0.29, 0.717) is 15.7 Å². The lowest BCUT2D eigenvalue weighted by Crippen LogP contribution is -2.16. The van der Waals surface area contributed by atoms with Crippen molar-refractivity contribution in [3.63, 3.8) is 0 Å². The summed E-state index contributed by atoms with van der Waals surface area (Å²) in [5, 5.41) is 5.84. The average Bonchev–Trinajstić information content (AvgIpc) is 3.31. The summed E-state index contributed by atoms with van der Waals surface area (Å²) in [6.45, 7) is 2.02. The molecular formula is C18H17N3O3S2. The van der Waals surface area contributed by atoms with Crippen molar-refractivity contribution in [2.45, 2.75) is 12.1 Å². The third-order valence-corrected chi connectivity index (χ3v) is 5.22. The molecule has 8 heteroatoms. The van der Waals surface area contributed by atoms with E-state index in [1.54, 1.807) is 19.3 Å². The van der Waals surface area contributed by atoms with Crippen molar-refractivity contribution < 1.29 is 14.3 Å². The minimum Gasteiger partial charge on any atom is -0.462 e. The van der Waals surface area contributed by atoms with E-state index in [2.05, 4.69) is 15.3 Å². The molecule has 134 valence electrons. The molecule has 3 rings (SSSR count). The number of imidazole rings is 1. The quantitative estimate of drug-likeness (QED) is 0.472. The number of carbonyl (C=O) groups is 2. The van der Waals surface area contributed by atoms with Crippen molar-refractivity contribution in [1.82, 2.24) is 9.97 Å². The number of ether oxygens (including phenoxy) is 1. The summed E-state index contributed by atoms with van der Waals surface area (Å²) in [4.78, 5) is 31.7. The SMILES string of the molecule is CCOC(=O)c1c(-c2ccccc2)csc1NC(=O)CSc1ncc[nH]1. The Balaban J connectivity index is 1.80. The molecule has 0 saturated heterocycles. The molecule has 2 aromatic heterocycles. The number of carbonyl (C=O) groups excluding carboxylic acids is 2. The van der Waals surface area contributed by atoms with Gasteiger partial charge in [-0.3, -0.25) is 4.79 Å². The van der Waals surface area contributed by atoms with Gasteiger partial charge in [0.15, 0.2) is 5.16 Å². The maximum Gasteiger partial charge on any atom is 0.341 e. The van der Waals surface area contributed by atoms with Crippen LogP contribution in [0, 0.1) is 0 Å². The number of thioether (sulfide) groups is 1. The predicted molar refractivity (Wildman–Crippen MR) is 104 cm³/mol. The first-order valence-electron chi connectivity index (χ1n) is 7.95. The Morgan fingerprint density at radius 1 is 1.31 bits per heavy atom. The van der Waals surface area contributed by atoms with Crippen molar-refractivity contribution in [3.8, 4) is 11.1 Å². The molecule has 0 radical (unpaired) electrons. The highest BCUT2D eigenvalue weighted by Gasteiger charge is 2.22. The second-order valence-electron chi connectivity index (χ2n) is 5.17. The smallest absolute Gasteiger partial charge is 0.341 e. The molecule has 0 aliphatic heterocycles. The van der Waals surface area contributed by atoms with E-state index in [9.17, 15) is 9.59 Å². The molecule has 0 aliphatic rings. The van der Waals surface area contributed by atoms with Gasteiger partial charge in [0.1, 0.15) is 10.6 Å². The maximum absolute atomic E-state index is 12.5. The van der Waals surface area contributed by atoms with Crippen LogP contribution in [-0.4, -0.2) is 34.2 Å². The molecule has 6 nitrogen and oxygen atoms in total. The van der Waals surface area contributed by atoms with Crippen LogP contribution in [0.4, 0.5) is 5.00 Å². The van der Waals surface area contributed by atoms with Crippen molar-refractivity contribution in [1.29, 1.82) is 0 Å². The summed E-state index contributed by atoms with van der Waals surface area (Å²) < 4.78 is 5.19. The number of hydrogen-bond donors (Lipinski definition) is 2. The fraction of sp³-hybridized carbons (Fsp3) is 0.167. The van der Waals surface area contributed by atoms with E-state index in [1.807, 2.05) is 35.7 Å². The minimum atomic E-state index is -0.443. The molecule has 0 bridgehead atoms. The monoisotopic (exact) mass is 387 g/mol. The molecule has 0 aliphatic carbocycles. The van der Waals surface area contributed by atoms with Gasteiger partial charge in [0.05, 0.1) is 12.4 Å². The third kappa shape index (κ3) is 4.33. The van der Waals surface area contributed by atoms with E-state index in [4.69, 9.17) is 4.74 Å². The molecule has 0 unspecified atom stereocenters. The van der Waals surface area contributed by atoms with Gasteiger partial charge in [-0.2, -0.15) is 0 Å². The van der Waals surface area contributed by atoms with Crippen LogP contribution in [0.1, 0.15) is 17.3 Å². The largest absolute Gasteiger partial charge is 0.462 e. The first-order valence-corrected chi connectivity index (χ1v) is 9.81. The Kier molecular flexibility index (Phi) is 6.08. The van der Waals surface area contributed by atoms with Crippen LogP contribution in [0.15, 0.2) is 53.3 Å². The van der Waals surface area contributed by atoms with Gasteiger partial charge < -0.3 is 15.0 Å². The summed E-state index contributed by atoms with van der Waals surface area (Å²) in [6.07, 6.45) is 3.33. The molecule has 0 fully saturated rings. The maximum atomic E-state index is 12.5. The number of aromatic amines is 1. The van der Waals surface area contributed by atoms with Crippen molar-refractivity contribution in [2.24, 2.45) is 0 Å². The number of benzene rings is 1. The van der Waals surface area contributed by atoms with E-state index >= 15 is 0 Å². The Morgan fingerprint density at radius 2 is 2.12 bits per heavy atom. The number of hydrogen-bond acceptors (Lipinski definition) is 6. The molecular weight excluding hydrogens is 370 g/mol. The first-order chi connectivity index (χ1) is 12.7. The zero-order valence-corrected chi connectivity index (χ0v) is 15.7. The molecule has 2 N–H and O–H groups in total. The zero-order valence-electron chi connectivity index (χ0n) is 14.0. The average molecular weight is 387 g/mol. The number of nitrogens with one attached hydrogen (secondary N) is 2. The van der Waals surface area contributed by atoms with Gasteiger partial charge in [0, 0.05) is 23.3 Å². The summed E-state index contributed by atoms with van der Waals surface area (Å²) in [6, 6.07) is 9.56. The van der Waals surface area contributed by atoms with Crippen LogP contribution < -0.4 is 5.32 Å². The molecule has 1 aromatic carbocycles. The number of thiophene rings is 1. The summed E-state index contributed by atoms with van der Waals surface area (Å²) >= 11 is 2.60. The predicted octanol–water partition coefficient (Wildman–Crippen LogP) is 4.05. The second kappa shape index (κ2) is 8.68. The third-order valence-electron chi connectivity index (χ3n) is 3.42. The highest BCUT2D eigenvalue weighted by Crippen LogP contribution is 2.36. The fourth-order valence-electron chi connectivity index (χ4n) is 2.31. The van der Waals surface area contributed by atoms with Gasteiger partial charge in [0.2, 0.25) is 5.91 Å². The Bertz CT molecular complexity index is 876. The summed E-state index contributed by atoms with van der Waals surface area (Å²) in [5.41, 5.74) is 2.04. The van der Waals surface area contributed by atoms with E-state index < -0.39 is 5.97 Å². The van der Waals surface area contributed by atoms with Gasteiger partial charge in [0.25, 0.3) is 0 Å². The normalized spacial score (nSPS) is 10.5. The molecule has 0 saturated carbocycles. The highest BCUT2D eigenvalue weighted by molar-refractivity contribution is 7.99. The number of nitrogens with zero attached hydrogens (tertiary/aromatic N) is 1. The number of aromatic nitrogens is 2. The van der Waals surface area contributed by atoms with E-state index in [1.165, 1.54) is 23.1 Å². The first kappa shape index (κ1) is 18.2. The van der Waals surface area contributed by atoms with E-state index in [-0.39, 0.29) is 18.3 Å². The number of esters is 1. The number of amides is 1. The molecule has 3 aromatic rings. The molecule has 0 atom stereocenters. The fourth-order valence-corrected chi connectivity index (χ4v) is 3.91.